The van der Waals surface area contributed by atoms with E-state index in [1.54, 1.807) is 12.1 Å². The normalized spacial score (nSPS) is 18.6. The summed E-state index contributed by atoms with van der Waals surface area (Å²) in [7, 11) is 0. The zero-order valence-corrected chi connectivity index (χ0v) is 14.6. The van der Waals surface area contributed by atoms with Crippen LogP contribution in [0.3, 0.4) is 0 Å². The molecule has 0 saturated heterocycles. The van der Waals surface area contributed by atoms with Crippen molar-refractivity contribution in [3.63, 3.8) is 0 Å². The highest BCUT2D eigenvalue weighted by Gasteiger charge is 2.48. The molecular formula is C22H17ClO2. The van der Waals surface area contributed by atoms with Gasteiger partial charge in [0.05, 0.1) is 0 Å². The quantitative estimate of drug-likeness (QED) is 0.626. The molecule has 2 nitrogen and oxygen atoms in total. The van der Waals surface area contributed by atoms with Crippen LogP contribution in [0.1, 0.15) is 28.4 Å². The van der Waals surface area contributed by atoms with Gasteiger partial charge in [0.25, 0.3) is 0 Å². The van der Waals surface area contributed by atoms with E-state index in [0.717, 1.165) is 22.3 Å². The first-order valence-electron chi connectivity index (χ1n) is 8.32. The van der Waals surface area contributed by atoms with E-state index in [9.17, 15) is 4.79 Å². The fraction of sp³-hybridized carbons (Fsp3) is 0.136. The summed E-state index contributed by atoms with van der Waals surface area (Å²) in [6.45, 7) is 2.33. The molecule has 0 fully saturated rings. The number of carbonyl (C=O) groups excluding carboxylic acids is 1. The summed E-state index contributed by atoms with van der Waals surface area (Å²) in [6, 6.07) is 23.0. The van der Waals surface area contributed by atoms with Crippen LogP contribution in [0.5, 0.6) is 0 Å². The molecule has 0 N–H and O–H groups in total. The molecule has 3 aromatic carbocycles. The second kappa shape index (κ2) is 6.14. The van der Waals surface area contributed by atoms with Crippen molar-refractivity contribution in [1.29, 1.82) is 0 Å². The molecule has 0 heterocycles. The summed E-state index contributed by atoms with van der Waals surface area (Å²) >= 11 is 6.06. The van der Waals surface area contributed by atoms with Crippen molar-refractivity contribution in [2.45, 2.75) is 12.5 Å². The fourth-order valence-electron chi connectivity index (χ4n) is 3.67. The van der Waals surface area contributed by atoms with Gasteiger partial charge in [-0.3, -0.25) is 4.79 Å². The van der Waals surface area contributed by atoms with Crippen molar-refractivity contribution in [2.24, 2.45) is 0 Å². The van der Waals surface area contributed by atoms with Gasteiger partial charge < -0.3 is 4.74 Å². The second-order valence-electron chi connectivity index (χ2n) is 6.04. The molecule has 0 radical (unpaired) electrons. The lowest BCUT2D eigenvalue weighted by molar-refractivity contribution is 0.0000869. The Hall–Kier alpha value is -2.42. The molecule has 25 heavy (non-hydrogen) atoms. The van der Waals surface area contributed by atoms with Crippen LogP contribution in [0.2, 0.25) is 5.02 Å². The zero-order chi connectivity index (χ0) is 17.4. The van der Waals surface area contributed by atoms with Gasteiger partial charge in [-0.15, -0.1) is 0 Å². The summed E-state index contributed by atoms with van der Waals surface area (Å²) in [5.41, 5.74) is 3.19. The molecule has 4 rings (SSSR count). The Bertz CT molecular complexity index is 946. The highest BCUT2D eigenvalue weighted by molar-refractivity contribution is 6.30. The van der Waals surface area contributed by atoms with Crippen LogP contribution in [0.25, 0.3) is 11.1 Å². The first kappa shape index (κ1) is 16.1. The molecule has 0 saturated carbocycles. The third kappa shape index (κ3) is 2.33. The number of ether oxygens (including phenoxy) is 1. The Morgan fingerprint density at radius 3 is 2.12 bits per heavy atom. The number of hydrogen-bond donors (Lipinski definition) is 0. The highest BCUT2D eigenvalue weighted by atomic mass is 35.5. The van der Waals surface area contributed by atoms with Gasteiger partial charge in [-0.25, -0.2) is 0 Å². The molecule has 1 atom stereocenters. The van der Waals surface area contributed by atoms with Gasteiger partial charge in [0, 0.05) is 22.8 Å². The Kier molecular flexibility index (Phi) is 3.95. The molecule has 0 aromatic heterocycles. The molecule has 3 heteroatoms. The smallest absolute Gasteiger partial charge is 0.204 e. The van der Waals surface area contributed by atoms with Crippen molar-refractivity contribution in [3.05, 3.63) is 94.5 Å². The molecule has 1 aliphatic carbocycles. The number of ketones is 1. The lowest BCUT2D eigenvalue weighted by atomic mass is 9.71. The van der Waals surface area contributed by atoms with E-state index in [2.05, 4.69) is 0 Å². The SMILES string of the molecule is CCOC1(c2ccc(Cl)cc2)C(=O)c2ccccc2-c2ccccc21. The minimum atomic E-state index is -1.15. The average molecular weight is 349 g/mol. The van der Waals surface area contributed by atoms with E-state index < -0.39 is 5.60 Å². The maximum absolute atomic E-state index is 13.6. The van der Waals surface area contributed by atoms with Crippen molar-refractivity contribution >= 4 is 17.4 Å². The molecule has 0 bridgehead atoms. The van der Waals surface area contributed by atoms with Crippen LogP contribution >= 0.6 is 11.6 Å². The minimum Gasteiger partial charge on any atom is -0.358 e. The van der Waals surface area contributed by atoms with E-state index in [1.165, 1.54) is 0 Å². The van der Waals surface area contributed by atoms with E-state index in [4.69, 9.17) is 16.3 Å². The number of benzene rings is 3. The van der Waals surface area contributed by atoms with E-state index in [0.29, 0.717) is 17.2 Å². The zero-order valence-electron chi connectivity index (χ0n) is 13.8. The van der Waals surface area contributed by atoms with E-state index in [1.807, 2.05) is 67.6 Å². The van der Waals surface area contributed by atoms with Crippen LogP contribution in [-0.2, 0) is 10.3 Å². The van der Waals surface area contributed by atoms with Gasteiger partial charge in [0.15, 0.2) is 5.60 Å². The number of Topliss-reactive ketones (excluding diaryl/α,β-unsaturated/α-hetero) is 1. The topological polar surface area (TPSA) is 26.3 Å². The predicted octanol–water partition coefficient (Wildman–Crippen LogP) is 5.48. The van der Waals surface area contributed by atoms with Gasteiger partial charge in [-0.2, -0.15) is 0 Å². The molecular weight excluding hydrogens is 332 g/mol. The number of fused-ring (bicyclic) bond motifs is 3. The first-order chi connectivity index (χ1) is 12.2. The Morgan fingerprint density at radius 1 is 0.840 bits per heavy atom. The molecule has 1 unspecified atom stereocenters. The maximum atomic E-state index is 13.6. The Balaban J connectivity index is 2.08. The highest BCUT2D eigenvalue weighted by Crippen LogP contribution is 2.47. The van der Waals surface area contributed by atoms with Crippen LogP contribution < -0.4 is 0 Å². The van der Waals surface area contributed by atoms with Crippen LogP contribution in [0.4, 0.5) is 0 Å². The van der Waals surface area contributed by atoms with Gasteiger partial charge in [-0.05, 0) is 35.7 Å². The third-order valence-electron chi connectivity index (χ3n) is 4.70. The molecule has 0 amide bonds. The molecule has 0 spiro atoms. The van der Waals surface area contributed by atoms with Crippen LogP contribution in [-0.4, -0.2) is 12.4 Å². The van der Waals surface area contributed by atoms with Gasteiger partial charge in [-0.1, -0.05) is 72.3 Å². The van der Waals surface area contributed by atoms with Gasteiger partial charge in [0.1, 0.15) is 0 Å². The lowest BCUT2D eigenvalue weighted by Crippen LogP contribution is -2.43. The van der Waals surface area contributed by atoms with Gasteiger partial charge in [0.2, 0.25) is 5.78 Å². The average Bonchev–Trinajstić information content (AvgIpc) is 2.66. The maximum Gasteiger partial charge on any atom is 0.204 e. The van der Waals surface area contributed by atoms with Crippen LogP contribution in [0, 0.1) is 0 Å². The van der Waals surface area contributed by atoms with Crippen molar-refractivity contribution in [1.82, 2.24) is 0 Å². The number of halogens is 1. The Labute approximate surface area is 152 Å². The molecule has 124 valence electrons. The van der Waals surface area contributed by atoms with Crippen molar-refractivity contribution < 1.29 is 9.53 Å². The predicted molar refractivity (Wildman–Crippen MR) is 100 cm³/mol. The van der Waals surface area contributed by atoms with E-state index >= 15 is 0 Å². The van der Waals surface area contributed by atoms with Crippen LogP contribution in [0.15, 0.2) is 72.8 Å². The monoisotopic (exact) mass is 348 g/mol. The summed E-state index contributed by atoms with van der Waals surface area (Å²) in [4.78, 5) is 13.6. The fourth-order valence-corrected chi connectivity index (χ4v) is 3.79. The molecule has 3 aromatic rings. The number of hydrogen-bond acceptors (Lipinski definition) is 2. The molecule has 0 aliphatic heterocycles. The minimum absolute atomic E-state index is 0.0361. The van der Waals surface area contributed by atoms with Gasteiger partial charge >= 0.3 is 0 Å². The standard InChI is InChI=1S/C22H17ClO2/c1-2-25-22(15-11-13-16(23)14-12-15)20-10-6-5-8-18(20)17-7-3-4-9-19(17)21(22)24/h3-14H,2H2,1H3. The summed E-state index contributed by atoms with van der Waals surface area (Å²) in [5, 5.41) is 0.632. The van der Waals surface area contributed by atoms with Crippen molar-refractivity contribution in [2.75, 3.05) is 6.61 Å². The summed E-state index contributed by atoms with van der Waals surface area (Å²) in [5.74, 6) is -0.0361. The van der Waals surface area contributed by atoms with E-state index in [-0.39, 0.29) is 5.78 Å². The summed E-state index contributed by atoms with van der Waals surface area (Å²) < 4.78 is 6.20. The second-order valence-corrected chi connectivity index (χ2v) is 6.48. The number of rotatable bonds is 3. The lowest BCUT2D eigenvalue weighted by Gasteiger charge is -2.38. The largest absolute Gasteiger partial charge is 0.358 e. The number of carbonyl (C=O) groups is 1. The summed E-state index contributed by atoms with van der Waals surface area (Å²) in [6.07, 6.45) is 0. The third-order valence-corrected chi connectivity index (χ3v) is 4.95. The Morgan fingerprint density at radius 2 is 1.44 bits per heavy atom. The van der Waals surface area contributed by atoms with Crippen molar-refractivity contribution in [3.8, 4) is 11.1 Å². The first-order valence-corrected chi connectivity index (χ1v) is 8.70. The molecule has 1 aliphatic rings.